The molecule has 76 valence electrons. The molecule has 0 bridgehead atoms. The minimum absolute atomic E-state index is 0.158. The van der Waals surface area contributed by atoms with Gasteiger partial charge in [-0.3, -0.25) is 4.79 Å². The molecule has 0 saturated carbocycles. The second-order valence-corrected chi connectivity index (χ2v) is 4.61. The first-order valence-corrected chi connectivity index (χ1v) is 5.87. The lowest BCUT2D eigenvalue weighted by Gasteiger charge is -2.12. The fourth-order valence-corrected chi connectivity index (χ4v) is 2.47. The summed E-state index contributed by atoms with van der Waals surface area (Å²) < 4.78 is 5.43. The van der Waals surface area contributed by atoms with Crippen LogP contribution in [0.15, 0.2) is 16.8 Å². The van der Waals surface area contributed by atoms with E-state index in [1.807, 2.05) is 16.8 Å². The van der Waals surface area contributed by atoms with Gasteiger partial charge in [0.05, 0.1) is 0 Å². The van der Waals surface area contributed by atoms with Gasteiger partial charge < -0.3 is 4.74 Å². The maximum atomic E-state index is 11.8. The Labute approximate surface area is 87.9 Å². The van der Waals surface area contributed by atoms with E-state index in [1.165, 1.54) is 0 Å². The third-order valence-corrected chi connectivity index (χ3v) is 3.40. The fraction of sp³-hybridized carbons (Fsp3) is 0.545. The smallest absolute Gasteiger partial charge is 0.166 e. The maximum Gasteiger partial charge on any atom is 0.166 e. The van der Waals surface area contributed by atoms with Gasteiger partial charge in [0.25, 0.3) is 0 Å². The van der Waals surface area contributed by atoms with E-state index in [0.717, 1.165) is 18.6 Å². The number of hydrogen-bond acceptors (Lipinski definition) is 3. The Kier molecular flexibility index (Phi) is 2.99. The van der Waals surface area contributed by atoms with Gasteiger partial charge in [-0.2, -0.15) is 11.3 Å². The van der Waals surface area contributed by atoms with Gasteiger partial charge in [0.1, 0.15) is 6.10 Å². The Morgan fingerprint density at radius 2 is 2.57 bits per heavy atom. The minimum atomic E-state index is -0.158. The molecule has 3 heteroatoms. The topological polar surface area (TPSA) is 26.3 Å². The molecule has 1 aromatic rings. The molecule has 1 aliphatic rings. The van der Waals surface area contributed by atoms with Crippen LogP contribution in [0.5, 0.6) is 0 Å². The van der Waals surface area contributed by atoms with Crippen LogP contribution < -0.4 is 0 Å². The van der Waals surface area contributed by atoms with Crippen molar-refractivity contribution >= 4 is 17.1 Å². The van der Waals surface area contributed by atoms with Gasteiger partial charge in [-0.15, -0.1) is 0 Å². The molecule has 0 aliphatic carbocycles. The van der Waals surface area contributed by atoms with Gasteiger partial charge in [-0.25, -0.2) is 0 Å². The van der Waals surface area contributed by atoms with Gasteiger partial charge in [-0.1, -0.05) is 6.92 Å². The van der Waals surface area contributed by atoms with E-state index in [1.54, 1.807) is 11.3 Å². The van der Waals surface area contributed by atoms with Gasteiger partial charge >= 0.3 is 0 Å². The molecule has 1 aliphatic heterocycles. The molecule has 1 fully saturated rings. The van der Waals surface area contributed by atoms with Crippen LogP contribution in [0.2, 0.25) is 0 Å². The molecule has 2 unspecified atom stereocenters. The van der Waals surface area contributed by atoms with Gasteiger partial charge in [0.15, 0.2) is 5.78 Å². The number of carbonyl (C=O) groups is 1. The van der Waals surface area contributed by atoms with E-state index in [4.69, 9.17) is 4.74 Å². The van der Waals surface area contributed by atoms with Crippen molar-refractivity contribution in [2.75, 3.05) is 6.61 Å². The van der Waals surface area contributed by atoms with E-state index < -0.39 is 0 Å². The average Bonchev–Trinajstić information content (AvgIpc) is 2.75. The number of carbonyl (C=O) groups excluding carboxylic acids is 1. The number of Topliss-reactive ketones (excluding diaryl/α,β-unsaturated/α-hetero) is 1. The average molecular weight is 210 g/mol. The van der Waals surface area contributed by atoms with Gasteiger partial charge in [-0.05, 0) is 34.7 Å². The number of rotatable bonds is 3. The SMILES string of the molecule is CC1CCOC1C(=O)Cc1ccsc1. The Hall–Kier alpha value is -0.670. The summed E-state index contributed by atoms with van der Waals surface area (Å²) >= 11 is 1.63. The van der Waals surface area contributed by atoms with Crippen LogP contribution in [0.3, 0.4) is 0 Å². The highest BCUT2D eigenvalue weighted by molar-refractivity contribution is 7.07. The molecule has 2 rings (SSSR count). The summed E-state index contributed by atoms with van der Waals surface area (Å²) in [6.45, 7) is 2.82. The zero-order chi connectivity index (χ0) is 9.97. The standard InChI is InChI=1S/C11H14O2S/c1-8-2-4-13-11(8)10(12)6-9-3-5-14-7-9/h3,5,7-8,11H,2,4,6H2,1H3. The zero-order valence-corrected chi connectivity index (χ0v) is 9.05. The first kappa shape index (κ1) is 9.87. The van der Waals surface area contributed by atoms with E-state index in [9.17, 15) is 4.79 Å². The monoisotopic (exact) mass is 210 g/mol. The maximum absolute atomic E-state index is 11.8. The molecule has 0 aromatic carbocycles. The lowest BCUT2D eigenvalue weighted by atomic mass is 9.97. The predicted molar refractivity (Wildman–Crippen MR) is 56.6 cm³/mol. The summed E-state index contributed by atoms with van der Waals surface area (Å²) in [5.74, 6) is 0.620. The molecule has 0 N–H and O–H groups in total. The lowest BCUT2D eigenvalue weighted by Crippen LogP contribution is -2.26. The number of thiophene rings is 1. The van der Waals surface area contributed by atoms with Crippen molar-refractivity contribution in [3.63, 3.8) is 0 Å². The molecular weight excluding hydrogens is 196 g/mol. The normalized spacial score (nSPS) is 26.6. The van der Waals surface area contributed by atoms with E-state index >= 15 is 0 Å². The molecule has 2 heterocycles. The van der Waals surface area contributed by atoms with Crippen LogP contribution >= 0.6 is 11.3 Å². The first-order chi connectivity index (χ1) is 6.77. The third-order valence-electron chi connectivity index (χ3n) is 2.66. The zero-order valence-electron chi connectivity index (χ0n) is 8.23. The highest BCUT2D eigenvalue weighted by Gasteiger charge is 2.30. The summed E-state index contributed by atoms with van der Waals surface area (Å²) in [6.07, 6.45) is 1.38. The predicted octanol–water partition coefficient (Wildman–Crippen LogP) is 2.28. The highest BCUT2D eigenvalue weighted by atomic mass is 32.1. The second-order valence-electron chi connectivity index (χ2n) is 3.83. The Balaban J connectivity index is 1.95. The van der Waals surface area contributed by atoms with Crippen LogP contribution in [0.4, 0.5) is 0 Å². The number of ketones is 1. The Morgan fingerprint density at radius 3 is 3.14 bits per heavy atom. The van der Waals surface area contributed by atoms with Gasteiger partial charge in [0.2, 0.25) is 0 Å². The molecule has 2 atom stereocenters. The molecule has 1 aromatic heterocycles. The third kappa shape index (κ3) is 2.04. The van der Waals surface area contributed by atoms with Crippen LogP contribution in [-0.4, -0.2) is 18.5 Å². The van der Waals surface area contributed by atoms with Crippen molar-refractivity contribution < 1.29 is 9.53 Å². The summed E-state index contributed by atoms with van der Waals surface area (Å²) in [5, 5.41) is 4.03. The van der Waals surface area contributed by atoms with E-state index in [-0.39, 0.29) is 11.9 Å². The lowest BCUT2D eigenvalue weighted by molar-refractivity contribution is -0.128. The largest absolute Gasteiger partial charge is 0.370 e. The summed E-state index contributed by atoms with van der Waals surface area (Å²) in [7, 11) is 0. The second kappa shape index (κ2) is 4.24. The Bertz CT molecular complexity index is 305. The molecule has 0 radical (unpaired) electrons. The van der Waals surface area contributed by atoms with Gasteiger partial charge in [0, 0.05) is 13.0 Å². The summed E-state index contributed by atoms with van der Waals surface area (Å²) in [4.78, 5) is 11.8. The molecule has 0 amide bonds. The Morgan fingerprint density at radius 1 is 1.71 bits per heavy atom. The number of hydrogen-bond donors (Lipinski definition) is 0. The highest BCUT2D eigenvalue weighted by Crippen LogP contribution is 2.22. The summed E-state index contributed by atoms with van der Waals surface area (Å²) in [5.41, 5.74) is 1.11. The van der Waals surface area contributed by atoms with Crippen molar-refractivity contribution in [3.8, 4) is 0 Å². The quantitative estimate of drug-likeness (QED) is 0.765. The minimum Gasteiger partial charge on any atom is -0.370 e. The first-order valence-electron chi connectivity index (χ1n) is 4.93. The van der Waals surface area contributed by atoms with Crippen LogP contribution in [0.1, 0.15) is 18.9 Å². The van der Waals surface area contributed by atoms with Crippen molar-refractivity contribution in [2.24, 2.45) is 5.92 Å². The molecular formula is C11H14O2S. The number of ether oxygens (including phenoxy) is 1. The molecule has 14 heavy (non-hydrogen) atoms. The van der Waals surface area contributed by atoms with Crippen molar-refractivity contribution in [2.45, 2.75) is 25.9 Å². The molecule has 0 spiro atoms. The van der Waals surface area contributed by atoms with Crippen molar-refractivity contribution in [1.82, 2.24) is 0 Å². The van der Waals surface area contributed by atoms with Crippen LogP contribution in [0.25, 0.3) is 0 Å². The van der Waals surface area contributed by atoms with Crippen LogP contribution in [-0.2, 0) is 16.0 Å². The molecule has 1 saturated heterocycles. The summed E-state index contributed by atoms with van der Waals surface area (Å²) in [6, 6.07) is 2.00. The fourth-order valence-electron chi connectivity index (χ4n) is 1.80. The molecule has 2 nitrogen and oxygen atoms in total. The van der Waals surface area contributed by atoms with E-state index in [2.05, 4.69) is 6.92 Å². The van der Waals surface area contributed by atoms with Crippen LogP contribution in [0, 0.1) is 5.92 Å². The van der Waals surface area contributed by atoms with E-state index in [0.29, 0.717) is 12.3 Å². The van der Waals surface area contributed by atoms with Crippen molar-refractivity contribution in [1.29, 1.82) is 0 Å². The van der Waals surface area contributed by atoms with Crippen molar-refractivity contribution in [3.05, 3.63) is 22.4 Å².